The molecule has 22 heavy (non-hydrogen) atoms. The lowest BCUT2D eigenvalue weighted by atomic mass is 10.2. The van der Waals surface area contributed by atoms with Crippen LogP contribution >= 0.6 is 34.2 Å². The minimum atomic E-state index is -3.77. The zero-order chi connectivity index (χ0) is 16.3. The summed E-state index contributed by atoms with van der Waals surface area (Å²) in [5.74, 6) is -0.674. The number of nitrogens with one attached hydrogen (secondary N) is 1. The molecule has 0 fully saturated rings. The van der Waals surface area contributed by atoms with Crippen LogP contribution in [0.3, 0.4) is 0 Å². The van der Waals surface area contributed by atoms with Crippen molar-refractivity contribution in [3.8, 4) is 0 Å². The number of rotatable bonds is 4. The Balaban J connectivity index is 2.19. The van der Waals surface area contributed by atoms with Crippen LogP contribution in [0.25, 0.3) is 0 Å². The van der Waals surface area contributed by atoms with Crippen molar-refractivity contribution in [3.63, 3.8) is 0 Å². The van der Waals surface area contributed by atoms with E-state index in [1.165, 1.54) is 24.5 Å². The molecule has 0 unspecified atom stereocenters. The lowest BCUT2D eigenvalue weighted by molar-refractivity contribution is 0.584. The fourth-order valence-corrected chi connectivity index (χ4v) is 3.11. The lowest BCUT2D eigenvalue weighted by Gasteiger charge is -2.04. The molecule has 5 nitrogen and oxygen atoms in total. The van der Waals surface area contributed by atoms with Crippen LogP contribution < -0.4 is 4.83 Å². The number of aryl methyl sites for hydroxylation is 1. The minimum absolute atomic E-state index is 0.0883. The third-order valence-corrected chi connectivity index (χ3v) is 5.25. The van der Waals surface area contributed by atoms with Crippen LogP contribution in [0, 0.1) is 16.3 Å². The van der Waals surface area contributed by atoms with E-state index in [0.717, 1.165) is 5.56 Å². The second-order valence-electron chi connectivity index (χ2n) is 4.30. The largest absolute Gasteiger partial charge is 0.276 e. The Morgan fingerprint density at radius 2 is 2.00 bits per heavy atom. The van der Waals surface area contributed by atoms with Gasteiger partial charge in [-0.1, -0.05) is 29.3 Å². The third kappa shape index (κ3) is 3.93. The predicted molar refractivity (Wildman–Crippen MR) is 91.0 cm³/mol. The highest BCUT2D eigenvalue weighted by atomic mass is 127. The van der Waals surface area contributed by atoms with Crippen molar-refractivity contribution < 1.29 is 12.8 Å². The van der Waals surface area contributed by atoms with E-state index in [9.17, 15) is 12.8 Å². The number of nitrogens with zero attached hydrogens (tertiary/aromatic N) is 2. The fraction of sp³-hybridized carbons (Fsp3) is 0.0769. The summed E-state index contributed by atoms with van der Waals surface area (Å²) in [7, 11) is -3.77. The van der Waals surface area contributed by atoms with E-state index in [-0.39, 0.29) is 13.6 Å². The summed E-state index contributed by atoms with van der Waals surface area (Å²) >= 11 is 7.28. The molecule has 1 aromatic carbocycles. The number of hydrazone groups is 1. The van der Waals surface area contributed by atoms with E-state index in [1.807, 2.05) is 6.92 Å². The Bertz CT molecular complexity index is 826. The molecule has 1 aromatic heterocycles. The van der Waals surface area contributed by atoms with Gasteiger partial charge in [0.05, 0.1) is 14.7 Å². The molecule has 0 atom stereocenters. The molecule has 1 heterocycles. The summed E-state index contributed by atoms with van der Waals surface area (Å²) in [6.07, 6.45) is 2.47. The highest BCUT2D eigenvalue weighted by Gasteiger charge is 2.13. The SMILES string of the molecule is Cc1ccc(S(=O)(=O)N/N=C/c2cnc(Cl)c(F)c2I)cc1. The predicted octanol–water partition coefficient (Wildman–Crippen LogP) is 3.10. The second kappa shape index (κ2) is 6.88. The summed E-state index contributed by atoms with van der Waals surface area (Å²) in [5.41, 5.74) is 1.26. The number of benzene rings is 1. The zero-order valence-electron chi connectivity index (χ0n) is 11.2. The van der Waals surface area contributed by atoms with Gasteiger partial charge in [-0.15, -0.1) is 0 Å². The normalized spacial score (nSPS) is 11.8. The maximum absolute atomic E-state index is 13.6. The van der Waals surface area contributed by atoms with Gasteiger partial charge in [-0.3, -0.25) is 0 Å². The number of hydrogen-bond acceptors (Lipinski definition) is 4. The van der Waals surface area contributed by atoms with Crippen molar-refractivity contribution in [2.45, 2.75) is 11.8 Å². The van der Waals surface area contributed by atoms with Crippen LogP contribution in [0.4, 0.5) is 4.39 Å². The molecule has 9 heteroatoms. The molecule has 0 aliphatic rings. The van der Waals surface area contributed by atoms with Crippen LogP contribution in [-0.2, 0) is 10.0 Å². The Kier molecular flexibility index (Phi) is 5.35. The van der Waals surface area contributed by atoms with Crippen molar-refractivity contribution in [2.24, 2.45) is 5.10 Å². The van der Waals surface area contributed by atoms with E-state index in [0.29, 0.717) is 5.56 Å². The number of pyridine rings is 1. The second-order valence-corrected chi connectivity index (χ2v) is 7.40. The van der Waals surface area contributed by atoms with Gasteiger partial charge >= 0.3 is 0 Å². The highest BCUT2D eigenvalue weighted by Crippen LogP contribution is 2.20. The first-order valence-corrected chi connectivity index (χ1v) is 8.86. The Morgan fingerprint density at radius 3 is 2.64 bits per heavy atom. The topological polar surface area (TPSA) is 71.4 Å². The van der Waals surface area contributed by atoms with Gasteiger partial charge in [0.1, 0.15) is 0 Å². The Hall–Kier alpha value is -1.26. The first kappa shape index (κ1) is 17.1. The molecule has 0 spiro atoms. The van der Waals surface area contributed by atoms with Gasteiger partial charge in [0.25, 0.3) is 10.0 Å². The van der Waals surface area contributed by atoms with Crippen LogP contribution in [0.15, 0.2) is 40.5 Å². The first-order chi connectivity index (χ1) is 10.3. The maximum Gasteiger partial charge on any atom is 0.276 e. The lowest BCUT2D eigenvalue weighted by Crippen LogP contribution is -2.18. The highest BCUT2D eigenvalue weighted by molar-refractivity contribution is 14.1. The maximum atomic E-state index is 13.6. The summed E-state index contributed by atoms with van der Waals surface area (Å²) < 4.78 is 37.8. The molecule has 0 bridgehead atoms. The van der Waals surface area contributed by atoms with Crippen molar-refractivity contribution in [3.05, 3.63) is 56.1 Å². The average Bonchev–Trinajstić information content (AvgIpc) is 2.48. The summed E-state index contributed by atoms with van der Waals surface area (Å²) in [4.78, 5) is 5.79. The zero-order valence-corrected chi connectivity index (χ0v) is 14.9. The van der Waals surface area contributed by atoms with Crippen molar-refractivity contribution >= 4 is 50.4 Å². The molecule has 0 aliphatic carbocycles. The van der Waals surface area contributed by atoms with E-state index >= 15 is 0 Å². The average molecular weight is 454 g/mol. The van der Waals surface area contributed by atoms with Gasteiger partial charge in [0, 0.05) is 11.8 Å². The molecule has 0 aliphatic heterocycles. The van der Waals surface area contributed by atoms with E-state index in [4.69, 9.17) is 11.6 Å². The summed E-state index contributed by atoms with van der Waals surface area (Å²) in [6, 6.07) is 6.31. The molecule has 116 valence electrons. The van der Waals surface area contributed by atoms with Crippen LogP contribution in [0.1, 0.15) is 11.1 Å². The van der Waals surface area contributed by atoms with Gasteiger partial charge in [-0.2, -0.15) is 13.5 Å². The molecular weight excluding hydrogens is 444 g/mol. The number of hydrogen-bond donors (Lipinski definition) is 1. The van der Waals surface area contributed by atoms with Gasteiger partial charge in [-0.25, -0.2) is 14.2 Å². The van der Waals surface area contributed by atoms with E-state index in [1.54, 1.807) is 34.7 Å². The monoisotopic (exact) mass is 453 g/mol. The molecule has 2 rings (SSSR count). The van der Waals surface area contributed by atoms with Crippen LogP contribution in [0.2, 0.25) is 5.15 Å². The van der Waals surface area contributed by atoms with Crippen molar-refractivity contribution in [1.29, 1.82) is 0 Å². The van der Waals surface area contributed by atoms with Crippen molar-refractivity contribution in [1.82, 2.24) is 9.82 Å². The smallest absolute Gasteiger partial charge is 0.241 e. The molecule has 2 aromatic rings. The summed E-state index contributed by atoms with van der Waals surface area (Å²) in [6.45, 7) is 1.85. The molecule has 1 N–H and O–H groups in total. The molecule has 0 saturated carbocycles. The van der Waals surface area contributed by atoms with Crippen molar-refractivity contribution in [2.75, 3.05) is 0 Å². The summed E-state index contributed by atoms with van der Waals surface area (Å²) in [5, 5.41) is 3.38. The number of aromatic nitrogens is 1. The fourth-order valence-electron chi connectivity index (χ4n) is 1.48. The van der Waals surface area contributed by atoms with E-state index < -0.39 is 15.8 Å². The van der Waals surface area contributed by atoms with Gasteiger partial charge in [0.15, 0.2) is 11.0 Å². The third-order valence-electron chi connectivity index (χ3n) is 2.65. The van der Waals surface area contributed by atoms with Gasteiger partial charge in [0.2, 0.25) is 0 Å². The Labute approximate surface area is 145 Å². The standard InChI is InChI=1S/C13H10ClFIN3O2S/c1-8-2-4-10(5-3-8)22(20,21)19-18-7-9-6-17-13(14)11(15)12(9)16/h2-7,19H,1H3/b18-7+. The van der Waals surface area contributed by atoms with Gasteiger partial charge in [-0.05, 0) is 41.6 Å². The molecular formula is C13H10ClFIN3O2S. The van der Waals surface area contributed by atoms with E-state index in [2.05, 4.69) is 14.9 Å². The molecule has 0 saturated heterocycles. The van der Waals surface area contributed by atoms with Gasteiger partial charge < -0.3 is 0 Å². The molecule has 0 radical (unpaired) electrons. The number of halogens is 3. The minimum Gasteiger partial charge on any atom is -0.241 e. The first-order valence-electron chi connectivity index (χ1n) is 5.92. The van der Waals surface area contributed by atoms with Crippen LogP contribution in [0.5, 0.6) is 0 Å². The molecule has 0 amide bonds. The quantitative estimate of drug-likeness (QED) is 0.335. The number of sulfonamides is 1. The van der Waals surface area contributed by atoms with Crippen LogP contribution in [-0.4, -0.2) is 19.6 Å². The Morgan fingerprint density at radius 1 is 1.36 bits per heavy atom.